The molecule has 10 aliphatic rings. The van der Waals surface area contributed by atoms with E-state index in [0.29, 0.717) is 131 Å². The van der Waals surface area contributed by atoms with Gasteiger partial charge in [0, 0.05) is 123 Å². The number of hydrogen-bond acceptors (Lipinski definition) is 17. The number of carbonyl (C=O) groups excluding carboxylic acids is 5. The van der Waals surface area contributed by atoms with Gasteiger partial charge in [0.05, 0.1) is 82.6 Å². The number of alkyl halides is 21. The molecule has 18 rings (SSSR count). The van der Waals surface area contributed by atoms with E-state index in [1.165, 1.54) is 66.1 Å². The van der Waals surface area contributed by atoms with Crippen LogP contribution in [0.2, 0.25) is 0 Å². The number of epoxide rings is 1. The first-order valence-corrected chi connectivity index (χ1v) is 44.4. The maximum Gasteiger partial charge on any atom is 0.416 e. The van der Waals surface area contributed by atoms with Crippen LogP contribution in [0.1, 0.15) is 203 Å². The lowest BCUT2D eigenvalue weighted by molar-refractivity contribution is -0.138. The number of benzene rings is 8. The number of ether oxygens (including phenoxy) is 5. The normalized spacial score (nSPS) is 20.1. The van der Waals surface area contributed by atoms with Gasteiger partial charge in [0.1, 0.15) is 35.1 Å². The number of anilines is 4. The summed E-state index contributed by atoms with van der Waals surface area (Å²) in [4.78, 5) is 72.4. The number of Topliss-reactive ketones (excluding diaryl/α,β-unsaturated/α-hetero) is 2. The standard InChI is InChI=1S/C23H22F3NO4.C15H18F3NO2.C15H18F3NO.C12H12F3NO2.C12H10F3NO2.C10H10F3NO2.C10H8F3NO/c24-23(25,26)17-6-7-18-19(14-17)29-13-10-22(18)21(31-22)8-11-27(12-9-21)20(28)30-15-16-4-2-1-3-5-16;16-15(17,18)10-1-2-11-12(3-8-21-13(11)9-10)14(20)4-6-19-7-5-14;16-15(17,18)11-1-2-13-12(5-8-20-14(13)9-11)10-3-6-19-7-4-10;2*1-7(17)16-5-4-11(18)9-3-2-8(6-10(9)16)12(13,14)15;11-10(12,13)7-2-1-3-8(6-7)14-5-4-9(15)16;11-10(12,13)6-1-2-7-8(5-6)14-4-3-9(7)15/h1-7,14H,8-13,15H2;1-2,9,12,19-20H,3-8H2;1-2,9-10,12,19H,3-8H2;2-3,6,11,18H,4-5H2,1H3;2-3,6H,4-5H2,1H3;1-3,6,14H,4-5H2,(H,15,16);1-2,5,14H,3-4H2. The van der Waals surface area contributed by atoms with Crippen LogP contribution in [0.25, 0.3) is 0 Å². The highest BCUT2D eigenvalue weighted by Gasteiger charge is 2.72. The lowest BCUT2D eigenvalue weighted by atomic mass is 9.73. The highest BCUT2D eigenvalue weighted by atomic mass is 19.4. The van der Waals surface area contributed by atoms with Gasteiger partial charge in [-0.1, -0.05) is 60.7 Å². The molecule has 4 saturated heterocycles. The van der Waals surface area contributed by atoms with E-state index >= 15 is 0 Å². The smallest absolute Gasteiger partial charge is 0.416 e. The molecule has 10 heterocycles. The molecule has 0 radical (unpaired) electrons. The summed E-state index contributed by atoms with van der Waals surface area (Å²) < 4.78 is 293. The summed E-state index contributed by atoms with van der Waals surface area (Å²) >= 11 is 0. The number of hydrogen-bond donors (Lipinski definition) is 7. The topological polar surface area (TPSA) is 270 Å². The van der Waals surface area contributed by atoms with Gasteiger partial charge in [0.25, 0.3) is 0 Å². The molecule has 3 amide bonds. The second-order valence-electron chi connectivity index (χ2n) is 34.5. The molecule has 21 nitrogen and oxygen atoms in total. The summed E-state index contributed by atoms with van der Waals surface area (Å²) in [6, 6.07) is 34.3. The maximum atomic E-state index is 13.1. The van der Waals surface area contributed by atoms with Gasteiger partial charge in [-0.25, -0.2) is 4.79 Å². The zero-order chi connectivity index (χ0) is 101. The molecule has 752 valence electrons. The van der Waals surface area contributed by atoms with E-state index in [-0.39, 0.29) is 114 Å². The predicted molar refractivity (Wildman–Crippen MR) is 464 cm³/mol. The van der Waals surface area contributed by atoms with Crippen LogP contribution < -0.4 is 45.3 Å². The van der Waals surface area contributed by atoms with E-state index < -0.39 is 111 Å². The van der Waals surface area contributed by atoms with Crippen LogP contribution >= 0.6 is 0 Å². The van der Waals surface area contributed by atoms with Crippen molar-refractivity contribution in [3.63, 3.8) is 0 Å². The van der Waals surface area contributed by atoms with Crippen molar-refractivity contribution in [2.75, 3.05) is 106 Å². The van der Waals surface area contributed by atoms with Gasteiger partial charge in [-0.15, -0.1) is 0 Å². The molecule has 0 saturated carbocycles. The third-order valence-corrected chi connectivity index (χ3v) is 25.5. The van der Waals surface area contributed by atoms with Crippen molar-refractivity contribution in [3.8, 4) is 17.2 Å². The molecule has 0 bridgehead atoms. The number of carboxylic acid groups (broad SMARTS) is 1. The second kappa shape index (κ2) is 43.5. The van der Waals surface area contributed by atoms with Crippen LogP contribution in [0.5, 0.6) is 17.2 Å². The van der Waals surface area contributed by atoms with Crippen molar-refractivity contribution in [3.05, 3.63) is 242 Å². The molecule has 7 N–H and O–H groups in total. The Morgan fingerprint density at radius 1 is 0.468 bits per heavy atom. The van der Waals surface area contributed by atoms with Gasteiger partial charge in [-0.3, -0.25) is 24.0 Å². The van der Waals surface area contributed by atoms with Gasteiger partial charge < -0.3 is 75.0 Å². The van der Waals surface area contributed by atoms with Crippen molar-refractivity contribution in [2.24, 2.45) is 5.92 Å². The minimum absolute atomic E-state index is 0.0496. The average Bonchev–Trinajstić information content (AvgIpc) is 1.51. The number of rotatable bonds is 8. The molecule has 2 spiro atoms. The number of likely N-dealkylation sites (tertiary alicyclic amines) is 1. The average molecular weight is 1980 g/mol. The largest absolute Gasteiger partial charge is 0.493 e. The molecule has 4 atom stereocenters. The Morgan fingerprint density at radius 2 is 0.957 bits per heavy atom. The van der Waals surface area contributed by atoms with E-state index in [9.17, 15) is 131 Å². The van der Waals surface area contributed by atoms with Crippen LogP contribution in [0, 0.1) is 5.92 Å². The molecular weight excluding hydrogens is 1890 g/mol. The lowest BCUT2D eigenvalue weighted by Crippen LogP contribution is -2.47. The van der Waals surface area contributed by atoms with Crippen molar-refractivity contribution in [1.82, 2.24) is 15.5 Å². The highest BCUT2D eigenvalue weighted by Crippen LogP contribution is 2.66. The number of fused-ring (bicyclic) bond motifs is 8. The molecule has 0 aliphatic carbocycles. The molecule has 0 aromatic heterocycles. The Hall–Kier alpha value is -11.9. The second-order valence-corrected chi connectivity index (χ2v) is 34.5. The van der Waals surface area contributed by atoms with Crippen LogP contribution in [0.4, 0.5) is 120 Å². The van der Waals surface area contributed by atoms with Crippen molar-refractivity contribution >= 4 is 58.2 Å². The number of piperidine rings is 3. The van der Waals surface area contributed by atoms with Crippen LogP contribution in [0.15, 0.2) is 164 Å². The Bertz CT molecular complexity index is 5680. The minimum Gasteiger partial charge on any atom is -0.493 e. The van der Waals surface area contributed by atoms with Gasteiger partial charge in [-0.2, -0.15) is 92.2 Å². The molecule has 4 unspecified atom stereocenters. The molecule has 8 aromatic rings. The number of aliphatic hydroxyl groups is 2. The zero-order valence-corrected chi connectivity index (χ0v) is 74.6. The first kappa shape index (κ1) is 106. The van der Waals surface area contributed by atoms with E-state index in [4.69, 9.17) is 28.8 Å². The number of aliphatic carboxylic acids is 1. The van der Waals surface area contributed by atoms with E-state index in [2.05, 4.69) is 21.3 Å². The fourth-order valence-corrected chi connectivity index (χ4v) is 18.2. The lowest BCUT2D eigenvalue weighted by Gasteiger charge is -2.42. The van der Waals surface area contributed by atoms with Gasteiger partial charge in [0.15, 0.2) is 11.6 Å². The summed E-state index contributed by atoms with van der Waals surface area (Å²) in [6.07, 6.45) is -24.6. The Morgan fingerprint density at radius 3 is 1.54 bits per heavy atom. The molecular formula is C97H98F21N7O14. The molecule has 139 heavy (non-hydrogen) atoms. The number of carboxylic acids is 1. The predicted octanol–water partition coefficient (Wildman–Crippen LogP) is 21.6. The number of nitrogens with zero attached hydrogens (tertiary/aromatic N) is 3. The summed E-state index contributed by atoms with van der Waals surface area (Å²) in [5.74, 6) is -0.409. The van der Waals surface area contributed by atoms with Crippen LogP contribution in [-0.4, -0.2) is 152 Å². The van der Waals surface area contributed by atoms with Crippen LogP contribution in [0.3, 0.4) is 0 Å². The summed E-state index contributed by atoms with van der Waals surface area (Å²) in [5, 5.41) is 40.9. The minimum atomic E-state index is -4.49. The number of aliphatic hydroxyl groups excluding tert-OH is 1. The zero-order valence-electron chi connectivity index (χ0n) is 74.6. The number of amides is 3. The SMILES string of the molecule is CC(=O)N1CCC(=O)c2ccc(C(F)(F)F)cc21.CC(=O)N1CCC(O)c2ccc(C(F)(F)F)cc21.FC(F)(F)c1ccc2c(c1)OCCC2C1CCNCC1.O=C(O)CCNc1cccc(C(F)(F)F)c1.O=C(OCc1ccccc1)N1CCC2(CC1)OC21CCOc2cc(C(F)(F)F)ccc21.O=C1CCNc2cc(C(F)(F)F)ccc21.OC1(C2CCOc3cc(C(F)(F)F)ccc32)CCNCC1. The summed E-state index contributed by atoms with van der Waals surface area (Å²) in [5.41, 5.74) is -2.33. The monoisotopic (exact) mass is 1980 g/mol. The number of ketones is 2. The number of nitrogens with one attached hydrogen (secondary N) is 4. The van der Waals surface area contributed by atoms with Crippen molar-refractivity contribution in [2.45, 2.75) is 182 Å². The fraction of sp³-hybridized carbons (Fsp3) is 0.443. The van der Waals surface area contributed by atoms with E-state index in [1.54, 1.807) is 11.0 Å². The molecule has 4 fully saturated rings. The number of halogens is 21. The molecule has 10 aliphatic heterocycles. The Balaban J connectivity index is 0.000000147. The molecule has 42 heteroatoms. The summed E-state index contributed by atoms with van der Waals surface area (Å²) in [7, 11) is 0. The quantitative estimate of drug-likeness (QED) is 0.0550. The summed E-state index contributed by atoms with van der Waals surface area (Å²) in [6.45, 7) is 9.19. The van der Waals surface area contributed by atoms with Crippen molar-refractivity contribution < 1.29 is 160 Å². The van der Waals surface area contributed by atoms with Gasteiger partial charge in [0.2, 0.25) is 11.8 Å². The van der Waals surface area contributed by atoms with Crippen LogP contribution in [-0.2, 0) is 79.3 Å². The van der Waals surface area contributed by atoms with E-state index in [1.807, 2.05) is 30.3 Å². The Kier molecular flexibility index (Phi) is 33.1. The first-order chi connectivity index (χ1) is 65.3. The Labute approximate surface area is 783 Å². The van der Waals surface area contributed by atoms with E-state index in [0.717, 1.165) is 141 Å². The number of carbonyl (C=O) groups is 6. The molecule has 8 aromatic carbocycles. The maximum absolute atomic E-state index is 13.1. The highest BCUT2D eigenvalue weighted by molar-refractivity contribution is 6.08. The third kappa shape index (κ3) is 26.4. The van der Waals surface area contributed by atoms with Gasteiger partial charge >= 0.3 is 55.3 Å². The first-order valence-electron chi connectivity index (χ1n) is 44.4. The fourth-order valence-electron chi connectivity index (χ4n) is 18.2. The van der Waals surface area contributed by atoms with Gasteiger partial charge in [-0.05, 0) is 210 Å². The van der Waals surface area contributed by atoms with Crippen molar-refractivity contribution in [1.29, 1.82) is 0 Å². The third-order valence-electron chi connectivity index (χ3n) is 25.5.